The summed E-state index contributed by atoms with van der Waals surface area (Å²) in [6.45, 7) is 2.01. The van der Waals surface area contributed by atoms with E-state index in [4.69, 9.17) is 4.74 Å². The minimum absolute atomic E-state index is 0.0617. The molecule has 11 heteroatoms. The molecule has 1 unspecified atom stereocenters. The summed E-state index contributed by atoms with van der Waals surface area (Å²) in [5.41, 5.74) is 1.13. The van der Waals surface area contributed by atoms with E-state index in [9.17, 15) is 23.2 Å². The molecule has 1 aromatic heterocycles. The number of ether oxygens (including phenoxy) is 1. The second-order valence-corrected chi connectivity index (χ2v) is 10.3. The zero-order valence-electron chi connectivity index (χ0n) is 21.6. The number of hydrogen-bond acceptors (Lipinski definition) is 6. The van der Waals surface area contributed by atoms with E-state index < -0.39 is 35.7 Å². The van der Waals surface area contributed by atoms with Gasteiger partial charge in [-0.05, 0) is 55.5 Å². The highest BCUT2D eigenvalue weighted by molar-refractivity contribution is 6.00. The van der Waals surface area contributed by atoms with Gasteiger partial charge >= 0.3 is 18.0 Å². The lowest BCUT2D eigenvalue weighted by Gasteiger charge is -2.47. The quantitative estimate of drug-likeness (QED) is 0.541. The van der Waals surface area contributed by atoms with E-state index in [0.29, 0.717) is 18.5 Å². The van der Waals surface area contributed by atoms with Crippen molar-refractivity contribution in [3.05, 3.63) is 77.3 Å². The van der Waals surface area contributed by atoms with Crippen LogP contribution < -0.4 is 10.6 Å². The SMILES string of the molecule is COC(=O)C1=CNC(=O)N(C(=O)NCC2CN(C3CCC(c4ccccn4)CC3)C2)C1c1ccc(F)c(F)c1. The Morgan fingerprint density at radius 2 is 1.87 bits per heavy atom. The second kappa shape index (κ2) is 11.5. The second-order valence-electron chi connectivity index (χ2n) is 10.3. The van der Waals surface area contributed by atoms with Crippen molar-refractivity contribution in [2.24, 2.45) is 5.92 Å². The number of hydrogen-bond donors (Lipinski definition) is 2. The van der Waals surface area contributed by atoms with Crippen LogP contribution in [-0.4, -0.2) is 65.6 Å². The topological polar surface area (TPSA) is 104 Å². The molecule has 2 N–H and O–H groups in total. The first-order valence-corrected chi connectivity index (χ1v) is 13.1. The minimum Gasteiger partial charge on any atom is -0.466 e. The highest BCUT2D eigenvalue weighted by atomic mass is 19.2. The molecule has 206 valence electrons. The molecule has 3 aliphatic rings. The molecule has 4 amide bonds. The van der Waals surface area contributed by atoms with Gasteiger partial charge in [-0.1, -0.05) is 12.1 Å². The Bertz CT molecular complexity index is 1260. The van der Waals surface area contributed by atoms with Gasteiger partial charge in [0, 0.05) is 55.6 Å². The van der Waals surface area contributed by atoms with Gasteiger partial charge in [-0.3, -0.25) is 9.88 Å². The van der Waals surface area contributed by atoms with E-state index in [0.717, 1.165) is 74.8 Å². The average molecular weight is 540 g/mol. The van der Waals surface area contributed by atoms with E-state index in [1.54, 1.807) is 0 Å². The maximum Gasteiger partial charge on any atom is 0.337 e. The van der Waals surface area contributed by atoms with Crippen LogP contribution in [0.25, 0.3) is 0 Å². The Morgan fingerprint density at radius 3 is 2.54 bits per heavy atom. The van der Waals surface area contributed by atoms with Crippen LogP contribution in [0.2, 0.25) is 0 Å². The van der Waals surface area contributed by atoms with Gasteiger partial charge in [-0.15, -0.1) is 0 Å². The van der Waals surface area contributed by atoms with Crippen LogP contribution >= 0.6 is 0 Å². The van der Waals surface area contributed by atoms with Crippen molar-refractivity contribution in [3.63, 3.8) is 0 Å². The van der Waals surface area contributed by atoms with Crippen LogP contribution in [0.3, 0.4) is 0 Å². The number of nitrogens with one attached hydrogen (secondary N) is 2. The number of carbonyl (C=O) groups is 3. The summed E-state index contributed by atoms with van der Waals surface area (Å²) in [6.07, 6.45) is 7.38. The fourth-order valence-electron chi connectivity index (χ4n) is 5.76. The number of esters is 1. The molecule has 0 bridgehead atoms. The molecule has 2 aromatic rings. The van der Waals surface area contributed by atoms with Gasteiger partial charge in [-0.25, -0.2) is 28.1 Å². The summed E-state index contributed by atoms with van der Waals surface area (Å²) in [6, 6.07) is 6.72. The molecule has 3 heterocycles. The Morgan fingerprint density at radius 1 is 1.10 bits per heavy atom. The van der Waals surface area contributed by atoms with Crippen molar-refractivity contribution in [3.8, 4) is 0 Å². The lowest BCUT2D eigenvalue weighted by Crippen LogP contribution is -2.58. The van der Waals surface area contributed by atoms with E-state index in [2.05, 4.69) is 26.6 Å². The number of rotatable bonds is 6. The molecule has 5 rings (SSSR count). The number of pyridine rings is 1. The Balaban J connectivity index is 1.18. The van der Waals surface area contributed by atoms with Gasteiger partial charge in [0.2, 0.25) is 0 Å². The normalized spacial score (nSPS) is 23.9. The zero-order chi connectivity index (χ0) is 27.5. The molecule has 1 saturated heterocycles. The maximum atomic E-state index is 14.0. The average Bonchev–Trinajstić information content (AvgIpc) is 2.93. The van der Waals surface area contributed by atoms with Crippen molar-refractivity contribution >= 4 is 18.0 Å². The predicted octanol–water partition coefficient (Wildman–Crippen LogP) is 3.85. The van der Waals surface area contributed by atoms with Crippen molar-refractivity contribution in [2.75, 3.05) is 26.7 Å². The lowest BCUT2D eigenvalue weighted by molar-refractivity contribution is -0.136. The third-order valence-electron chi connectivity index (χ3n) is 7.87. The first-order valence-electron chi connectivity index (χ1n) is 13.1. The van der Waals surface area contributed by atoms with E-state index in [-0.39, 0.29) is 17.1 Å². The monoisotopic (exact) mass is 539 g/mol. The molecule has 1 saturated carbocycles. The molecule has 0 spiro atoms. The number of benzene rings is 1. The molecule has 39 heavy (non-hydrogen) atoms. The largest absolute Gasteiger partial charge is 0.466 e. The fraction of sp³-hybridized carbons (Fsp3) is 0.429. The first kappa shape index (κ1) is 26.7. The van der Waals surface area contributed by atoms with E-state index in [1.807, 2.05) is 18.3 Å². The molecule has 2 fully saturated rings. The van der Waals surface area contributed by atoms with Gasteiger partial charge in [0.1, 0.15) is 6.04 Å². The van der Waals surface area contributed by atoms with Gasteiger partial charge in [0.25, 0.3) is 0 Å². The van der Waals surface area contributed by atoms with Gasteiger partial charge < -0.3 is 15.4 Å². The molecule has 1 aromatic carbocycles. The molecule has 2 aliphatic heterocycles. The van der Waals surface area contributed by atoms with Gasteiger partial charge in [-0.2, -0.15) is 0 Å². The van der Waals surface area contributed by atoms with Crippen LogP contribution in [0.5, 0.6) is 0 Å². The summed E-state index contributed by atoms with van der Waals surface area (Å²) >= 11 is 0. The van der Waals surface area contributed by atoms with Crippen molar-refractivity contribution < 1.29 is 27.9 Å². The molecule has 1 aliphatic carbocycles. The first-order chi connectivity index (χ1) is 18.9. The summed E-state index contributed by atoms with van der Waals surface area (Å²) < 4.78 is 32.4. The Kier molecular flexibility index (Phi) is 7.87. The number of methoxy groups -OCH3 is 1. The number of nitrogens with zero attached hydrogens (tertiary/aromatic N) is 3. The smallest absolute Gasteiger partial charge is 0.337 e. The predicted molar refractivity (Wildman–Crippen MR) is 137 cm³/mol. The van der Waals surface area contributed by atoms with E-state index in [1.165, 1.54) is 6.07 Å². The third kappa shape index (κ3) is 5.63. The number of urea groups is 2. The summed E-state index contributed by atoms with van der Waals surface area (Å²) in [7, 11) is 1.15. The van der Waals surface area contributed by atoms with Crippen LogP contribution in [0, 0.1) is 17.6 Å². The molecule has 0 radical (unpaired) electrons. The number of imide groups is 1. The van der Waals surface area contributed by atoms with Gasteiger partial charge in [0.05, 0.1) is 12.7 Å². The Hall–Kier alpha value is -3.86. The number of likely N-dealkylation sites (tertiary alicyclic amines) is 1. The van der Waals surface area contributed by atoms with Crippen LogP contribution in [0.1, 0.15) is 48.9 Å². The summed E-state index contributed by atoms with van der Waals surface area (Å²) in [4.78, 5) is 46.1. The highest BCUT2D eigenvalue weighted by Gasteiger charge is 2.41. The van der Waals surface area contributed by atoms with Crippen molar-refractivity contribution in [1.82, 2.24) is 25.4 Å². The molecule has 9 nitrogen and oxygen atoms in total. The maximum absolute atomic E-state index is 14.0. The van der Waals surface area contributed by atoms with Crippen molar-refractivity contribution in [2.45, 2.75) is 43.7 Å². The zero-order valence-corrected chi connectivity index (χ0v) is 21.6. The van der Waals surface area contributed by atoms with Crippen molar-refractivity contribution in [1.29, 1.82) is 0 Å². The summed E-state index contributed by atoms with van der Waals surface area (Å²) in [5, 5.41) is 5.15. The third-order valence-corrected chi connectivity index (χ3v) is 7.87. The molecular weight excluding hydrogens is 508 g/mol. The number of halogens is 2. The number of carbonyl (C=O) groups excluding carboxylic acids is 3. The van der Waals surface area contributed by atoms with E-state index >= 15 is 0 Å². The Labute approximate surface area is 225 Å². The lowest BCUT2D eigenvalue weighted by atomic mass is 9.81. The molecular formula is C28H31F2N5O4. The van der Waals surface area contributed by atoms with Crippen LogP contribution in [0.15, 0.2) is 54.4 Å². The number of amides is 4. The standard InChI is InChI=1S/C28H31F2N5O4/c1-39-26(36)21-14-33-28(38)35(25(21)19-7-10-22(29)23(30)12-19)27(37)32-13-17-15-34(16-17)20-8-5-18(6-9-20)24-4-2-3-11-31-24/h2-4,7,10-12,14,17-18,20,25H,5-6,8-9,13,15-16H2,1H3,(H,32,37)(H,33,38). The molecule has 1 atom stereocenters. The van der Waals surface area contributed by atoms with Crippen LogP contribution in [0.4, 0.5) is 18.4 Å². The van der Waals surface area contributed by atoms with Gasteiger partial charge in [0.15, 0.2) is 11.6 Å². The number of aromatic nitrogens is 1. The highest BCUT2D eigenvalue weighted by Crippen LogP contribution is 2.36. The summed E-state index contributed by atoms with van der Waals surface area (Å²) in [5.74, 6) is -2.34. The minimum atomic E-state index is -1.28. The van der Waals surface area contributed by atoms with Crippen LogP contribution in [-0.2, 0) is 9.53 Å². The fourth-order valence-corrected chi connectivity index (χ4v) is 5.76.